The van der Waals surface area contributed by atoms with E-state index in [1.165, 1.54) is 6.07 Å². The van der Waals surface area contributed by atoms with Crippen LogP contribution in [0.1, 0.15) is 24.8 Å². The highest BCUT2D eigenvalue weighted by Gasteiger charge is 2.19. The molecule has 0 saturated carbocycles. The van der Waals surface area contributed by atoms with E-state index >= 15 is 0 Å². The van der Waals surface area contributed by atoms with E-state index in [-0.39, 0.29) is 23.3 Å². The summed E-state index contributed by atoms with van der Waals surface area (Å²) >= 11 is 0. The van der Waals surface area contributed by atoms with E-state index in [9.17, 15) is 13.2 Å². The fourth-order valence-corrected chi connectivity index (χ4v) is 3.02. The Morgan fingerprint density at radius 2 is 2.25 bits per heavy atom. The molecule has 110 valence electrons. The molecule has 0 aliphatic carbocycles. The fraction of sp³-hybridized carbons (Fsp3) is 0.462. The van der Waals surface area contributed by atoms with Crippen LogP contribution in [-0.4, -0.2) is 27.0 Å². The molecule has 1 unspecified atom stereocenters. The largest absolute Gasteiger partial charge is 0.378 e. The molecular formula is C13H18N2O4S. The predicted molar refractivity (Wildman–Crippen MR) is 74.8 cm³/mol. The first-order valence-corrected chi connectivity index (χ1v) is 7.96. The molecule has 1 fully saturated rings. The summed E-state index contributed by atoms with van der Waals surface area (Å²) in [6.45, 7) is 2.34. The summed E-state index contributed by atoms with van der Waals surface area (Å²) in [5.74, 6) is -0.193. The van der Waals surface area contributed by atoms with Crippen LogP contribution in [0.2, 0.25) is 0 Å². The van der Waals surface area contributed by atoms with Crippen molar-refractivity contribution in [2.45, 2.75) is 37.2 Å². The van der Waals surface area contributed by atoms with E-state index in [1.54, 1.807) is 19.1 Å². The highest BCUT2D eigenvalue weighted by molar-refractivity contribution is 7.89. The Balaban J connectivity index is 2.07. The summed E-state index contributed by atoms with van der Waals surface area (Å²) in [6.07, 6.45) is 2.08. The lowest BCUT2D eigenvalue weighted by Crippen LogP contribution is -2.20. The molecule has 3 N–H and O–H groups in total. The fourth-order valence-electron chi connectivity index (χ4n) is 2.21. The minimum atomic E-state index is -3.79. The van der Waals surface area contributed by atoms with Crippen molar-refractivity contribution in [3.63, 3.8) is 0 Å². The van der Waals surface area contributed by atoms with Crippen LogP contribution in [-0.2, 0) is 19.6 Å². The van der Waals surface area contributed by atoms with Gasteiger partial charge < -0.3 is 10.1 Å². The molecule has 6 nitrogen and oxygen atoms in total. The van der Waals surface area contributed by atoms with Gasteiger partial charge in [-0.3, -0.25) is 4.79 Å². The van der Waals surface area contributed by atoms with Crippen LogP contribution in [0.4, 0.5) is 5.69 Å². The second kappa shape index (κ2) is 5.90. The van der Waals surface area contributed by atoms with Crippen LogP contribution in [0.5, 0.6) is 0 Å². The second-order valence-electron chi connectivity index (χ2n) is 4.91. The first kappa shape index (κ1) is 15.0. The van der Waals surface area contributed by atoms with Gasteiger partial charge in [0.2, 0.25) is 15.9 Å². The topological polar surface area (TPSA) is 98.5 Å². The smallest absolute Gasteiger partial charge is 0.238 e. The number of rotatable bonds is 4. The summed E-state index contributed by atoms with van der Waals surface area (Å²) in [5, 5.41) is 7.80. The van der Waals surface area contributed by atoms with E-state index in [2.05, 4.69) is 5.32 Å². The van der Waals surface area contributed by atoms with E-state index < -0.39 is 10.0 Å². The normalized spacial score (nSPS) is 19.0. The molecule has 1 aromatic carbocycles. The highest BCUT2D eigenvalue weighted by Crippen LogP contribution is 2.20. The molecule has 1 saturated heterocycles. The average molecular weight is 298 g/mol. The number of nitrogens with two attached hydrogens (primary N) is 1. The zero-order valence-corrected chi connectivity index (χ0v) is 12.1. The number of primary sulfonamides is 1. The van der Waals surface area contributed by atoms with Crippen LogP contribution in [0.15, 0.2) is 23.1 Å². The number of carbonyl (C=O) groups excluding carboxylic acids is 1. The van der Waals surface area contributed by atoms with Crippen molar-refractivity contribution in [3.8, 4) is 0 Å². The highest BCUT2D eigenvalue weighted by atomic mass is 32.2. The maximum absolute atomic E-state index is 11.8. The molecule has 1 atom stereocenters. The minimum absolute atomic E-state index is 0.0208. The summed E-state index contributed by atoms with van der Waals surface area (Å²) in [4.78, 5) is 11.9. The third-order valence-corrected chi connectivity index (χ3v) is 4.27. The molecule has 1 aromatic rings. The van der Waals surface area contributed by atoms with Gasteiger partial charge >= 0.3 is 0 Å². The Hall–Kier alpha value is -1.44. The van der Waals surface area contributed by atoms with E-state index in [1.807, 2.05) is 0 Å². The van der Waals surface area contributed by atoms with E-state index in [0.717, 1.165) is 12.8 Å². The number of hydrogen-bond donors (Lipinski definition) is 2. The molecule has 1 amide bonds. The molecule has 20 heavy (non-hydrogen) atoms. The Kier molecular flexibility index (Phi) is 4.42. The molecule has 2 rings (SSSR count). The van der Waals surface area contributed by atoms with Crippen molar-refractivity contribution in [1.82, 2.24) is 0 Å². The summed E-state index contributed by atoms with van der Waals surface area (Å²) in [5.41, 5.74) is 0.965. The van der Waals surface area contributed by atoms with Crippen LogP contribution in [0.25, 0.3) is 0 Å². The zero-order chi connectivity index (χ0) is 14.8. The number of benzene rings is 1. The third-order valence-electron chi connectivity index (χ3n) is 3.22. The number of hydrogen-bond acceptors (Lipinski definition) is 4. The van der Waals surface area contributed by atoms with Gasteiger partial charge in [-0.1, -0.05) is 6.07 Å². The monoisotopic (exact) mass is 298 g/mol. The first-order valence-electron chi connectivity index (χ1n) is 6.41. The van der Waals surface area contributed by atoms with Crippen LogP contribution in [0.3, 0.4) is 0 Å². The summed E-state index contributed by atoms with van der Waals surface area (Å²) in [6, 6.07) is 4.64. The SMILES string of the molecule is Cc1ccc(NC(=O)CC2CCCO2)cc1S(N)(=O)=O. The van der Waals surface area contributed by atoms with Gasteiger partial charge in [0.05, 0.1) is 17.4 Å². The number of aryl methyl sites for hydroxylation is 1. The number of carbonyl (C=O) groups is 1. The number of sulfonamides is 1. The number of ether oxygens (including phenoxy) is 1. The maximum atomic E-state index is 11.8. The molecule has 1 aliphatic rings. The third kappa shape index (κ3) is 3.78. The van der Waals surface area contributed by atoms with E-state index in [0.29, 0.717) is 17.9 Å². The lowest BCUT2D eigenvalue weighted by molar-refractivity contribution is -0.118. The van der Waals surface area contributed by atoms with Gasteiger partial charge in [-0.15, -0.1) is 0 Å². The zero-order valence-electron chi connectivity index (χ0n) is 11.3. The molecule has 7 heteroatoms. The second-order valence-corrected chi connectivity index (χ2v) is 6.44. The standard InChI is InChI=1S/C13H18N2O4S/c1-9-4-5-10(7-12(9)20(14,17)18)15-13(16)8-11-3-2-6-19-11/h4-5,7,11H,2-3,6,8H2,1H3,(H,15,16)(H2,14,17,18). The number of anilines is 1. The van der Waals surface area contributed by atoms with Gasteiger partial charge in [0.25, 0.3) is 0 Å². The van der Waals surface area contributed by atoms with Crippen molar-refractivity contribution in [2.75, 3.05) is 11.9 Å². The van der Waals surface area contributed by atoms with Crippen LogP contribution in [0, 0.1) is 6.92 Å². The molecule has 1 heterocycles. The van der Waals surface area contributed by atoms with Gasteiger partial charge in [-0.05, 0) is 37.5 Å². The van der Waals surface area contributed by atoms with Gasteiger partial charge in [-0.25, -0.2) is 13.6 Å². The lowest BCUT2D eigenvalue weighted by Gasteiger charge is -2.11. The van der Waals surface area contributed by atoms with Crippen LogP contribution < -0.4 is 10.5 Å². The van der Waals surface area contributed by atoms with Crippen molar-refractivity contribution in [3.05, 3.63) is 23.8 Å². The molecule has 0 spiro atoms. The predicted octanol–water partition coefficient (Wildman–Crippen LogP) is 1.15. The Morgan fingerprint density at radius 3 is 2.85 bits per heavy atom. The Bertz CT molecular complexity index is 607. The Morgan fingerprint density at radius 1 is 1.50 bits per heavy atom. The average Bonchev–Trinajstić information content (AvgIpc) is 2.83. The first-order chi connectivity index (χ1) is 9.36. The molecule has 1 aliphatic heterocycles. The summed E-state index contributed by atoms with van der Waals surface area (Å²) in [7, 11) is -3.79. The minimum Gasteiger partial charge on any atom is -0.378 e. The van der Waals surface area contributed by atoms with E-state index in [4.69, 9.17) is 9.88 Å². The summed E-state index contributed by atoms with van der Waals surface area (Å²) < 4.78 is 28.2. The van der Waals surface area contributed by atoms with Gasteiger partial charge in [0.1, 0.15) is 0 Å². The van der Waals surface area contributed by atoms with Crippen molar-refractivity contribution in [1.29, 1.82) is 0 Å². The molecule has 0 bridgehead atoms. The molecule has 0 radical (unpaired) electrons. The number of nitrogens with one attached hydrogen (secondary N) is 1. The van der Waals surface area contributed by atoms with Gasteiger partial charge in [-0.2, -0.15) is 0 Å². The van der Waals surface area contributed by atoms with Crippen molar-refractivity contribution < 1.29 is 17.9 Å². The quantitative estimate of drug-likeness (QED) is 0.871. The maximum Gasteiger partial charge on any atom is 0.238 e. The Labute approximate surface area is 118 Å². The van der Waals surface area contributed by atoms with Crippen LogP contribution >= 0.6 is 0 Å². The van der Waals surface area contributed by atoms with Gasteiger partial charge in [0, 0.05) is 12.3 Å². The van der Waals surface area contributed by atoms with Crippen molar-refractivity contribution >= 4 is 21.6 Å². The lowest BCUT2D eigenvalue weighted by atomic mass is 10.1. The molecule has 0 aromatic heterocycles. The number of amides is 1. The molecular weight excluding hydrogens is 280 g/mol. The van der Waals surface area contributed by atoms with Crippen molar-refractivity contribution in [2.24, 2.45) is 5.14 Å². The van der Waals surface area contributed by atoms with Gasteiger partial charge in [0.15, 0.2) is 0 Å².